The molecule has 0 aromatic heterocycles. The van der Waals surface area contributed by atoms with E-state index in [4.69, 9.17) is 10.5 Å². The van der Waals surface area contributed by atoms with Crippen molar-refractivity contribution in [1.82, 2.24) is 5.32 Å². The van der Waals surface area contributed by atoms with Crippen LogP contribution in [-0.2, 0) is 11.3 Å². The maximum atomic E-state index is 13.5. The Bertz CT molecular complexity index is 427. The van der Waals surface area contributed by atoms with Crippen molar-refractivity contribution in [2.24, 2.45) is 5.73 Å². The molecule has 0 aliphatic carbocycles. The van der Waals surface area contributed by atoms with Gasteiger partial charge in [-0.1, -0.05) is 0 Å². The van der Waals surface area contributed by atoms with E-state index in [1.165, 1.54) is 0 Å². The van der Waals surface area contributed by atoms with Crippen molar-refractivity contribution in [2.45, 2.75) is 32.9 Å². The molecule has 0 unspecified atom stereocenters. The first kappa shape index (κ1) is 15.4. The van der Waals surface area contributed by atoms with Gasteiger partial charge in [0.1, 0.15) is 0 Å². The summed E-state index contributed by atoms with van der Waals surface area (Å²) in [4.78, 5) is 11.3. The lowest BCUT2D eigenvalue weighted by molar-refractivity contribution is -0.122. The molecule has 1 aromatic carbocycles. The predicted molar refractivity (Wildman–Crippen MR) is 67.6 cm³/mol. The van der Waals surface area contributed by atoms with Crippen LogP contribution in [0.1, 0.15) is 25.8 Å². The summed E-state index contributed by atoms with van der Waals surface area (Å²) in [7, 11) is 0. The van der Waals surface area contributed by atoms with Crippen molar-refractivity contribution in [2.75, 3.05) is 6.61 Å². The minimum atomic E-state index is -0.815. The number of halogens is 2. The first-order valence-electron chi connectivity index (χ1n) is 6.04. The molecule has 6 heteroatoms. The van der Waals surface area contributed by atoms with Gasteiger partial charge in [0.15, 0.2) is 17.4 Å². The first-order chi connectivity index (χ1) is 8.93. The molecule has 0 bridgehead atoms. The SMILES string of the molecule is CC(C)NC(=O)CCOc1c(F)cc(CN)cc1F. The lowest BCUT2D eigenvalue weighted by Gasteiger charge is -2.11. The first-order valence-corrected chi connectivity index (χ1v) is 6.04. The van der Waals surface area contributed by atoms with Crippen molar-refractivity contribution in [3.63, 3.8) is 0 Å². The molecule has 1 rings (SSSR count). The van der Waals surface area contributed by atoms with Crippen molar-refractivity contribution < 1.29 is 18.3 Å². The summed E-state index contributed by atoms with van der Waals surface area (Å²) in [6.07, 6.45) is 0.0374. The molecule has 0 spiro atoms. The number of ether oxygens (including phenoxy) is 1. The van der Waals surface area contributed by atoms with Crippen LogP contribution in [0, 0.1) is 11.6 Å². The summed E-state index contributed by atoms with van der Waals surface area (Å²) >= 11 is 0. The van der Waals surface area contributed by atoms with Gasteiger partial charge in [-0.25, -0.2) is 8.78 Å². The van der Waals surface area contributed by atoms with Crippen LogP contribution >= 0.6 is 0 Å². The van der Waals surface area contributed by atoms with Gasteiger partial charge in [-0.05, 0) is 31.5 Å². The fraction of sp³-hybridized carbons (Fsp3) is 0.462. The monoisotopic (exact) mass is 272 g/mol. The van der Waals surface area contributed by atoms with E-state index in [1.54, 1.807) is 0 Å². The molecule has 3 N–H and O–H groups in total. The lowest BCUT2D eigenvalue weighted by Crippen LogP contribution is -2.31. The van der Waals surface area contributed by atoms with Crippen molar-refractivity contribution >= 4 is 5.91 Å². The lowest BCUT2D eigenvalue weighted by atomic mass is 10.2. The summed E-state index contributed by atoms with van der Waals surface area (Å²) < 4.78 is 32.0. The van der Waals surface area contributed by atoms with Crippen molar-refractivity contribution in [3.05, 3.63) is 29.3 Å². The standard InChI is InChI=1S/C13H18F2N2O2/c1-8(2)17-12(18)3-4-19-13-10(14)5-9(7-16)6-11(13)15/h5-6,8H,3-4,7,16H2,1-2H3,(H,17,18). The maximum absolute atomic E-state index is 13.5. The van der Waals surface area contributed by atoms with Crippen LogP contribution in [0.2, 0.25) is 0 Å². The molecule has 0 aliphatic heterocycles. The second-order valence-corrected chi connectivity index (χ2v) is 4.41. The van der Waals surface area contributed by atoms with Gasteiger partial charge in [0.2, 0.25) is 5.91 Å². The molecular formula is C13H18F2N2O2. The van der Waals surface area contributed by atoms with Gasteiger partial charge in [0, 0.05) is 12.6 Å². The summed E-state index contributed by atoms with van der Waals surface area (Å²) in [5, 5.41) is 2.65. The van der Waals surface area contributed by atoms with E-state index in [0.717, 1.165) is 12.1 Å². The zero-order chi connectivity index (χ0) is 14.4. The number of carbonyl (C=O) groups is 1. The van der Waals surface area contributed by atoms with E-state index in [0.29, 0.717) is 5.56 Å². The van der Waals surface area contributed by atoms with E-state index < -0.39 is 17.4 Å². The number of hydrogen-bond donors (Lipinski definition) is 2. The number of nitrogens with one attached hydrogen (secondary N) is 1. The number of benzene rings is 1. The van der Waals surface area contributed by atoms with Crippen LogP contribution in [0.5, 0.6) is 5.75 Å². The molecule has 4 nitrogen and oxygen atoms in total. The zero-order valence-corrected chi connectivity index (χ0v) is 11.0. The predicted octanol–water partition coefficient (Wildman–Crippen LogP) is 1.72. The van der Waals surface area contributed by atoms with Gasteiger partial charge in [-0.2, -0.15) is 0 Å². The van der Waals surface area contributed by atoms with Crippen molar-refractivity contribution in [3.8, 4) is 5.75 Å². The van der Waals surface area contributed by atoms with Crippen LogP contribution < -0.4 is 15.8 Å². The minimum absolute atomic E-state index is 0.0183. The normalized spacial score (nSPS) is 10.6. The van der Waals surface area contributed by atoms with Crippen LogP contribution in [0.3, 0.4) is 0 Å². The van der Waals surface area contributed by atoms with Crippen LogP contribution in [0.15, 0.2) is 12.1 Å². The fourth-order valence-corrected chi connectivity index (χ4v) is 1.51. The zero-order valence-electron chi connectivity index (χ0n) is 11.0. The smallest absolute Gasteiger partial charge is 0.223 e. The molecule has 0 saturated carbocycles. The molecule has 0 radical (unpaired) electrons. The highest BCUT2D eigenvalue weighted by Gasteiger charge is 2.13. The summed E-state index contributed by atoms with van der Waals surface area (Å²) in [5.41, 5.74) is 5.64. The number of nitrogens with two attached hydrogens (primary N) is 1. The van der Waals surface area contributed by atoms with Gasteiger partial charge in [-0.3, -0.25) is 4.79 Å². The third kappa shape index (κ3) is 4.82. The highest BCUT2D eigenvalue weighted by atomic mass is 19.1. The second kappa shape index (κ2) is 7.04. The van der Waals surface area contributed by atoms with Crippen molar-refractivity contribution in [1.29, 1.82) is 0 Å². The highest BCUT2D eigenvalue weighted by molar-refractivity contribution is 5.76. The Morgan fingerprint density at radius 2 is 1.95 bits per heavy atom. The number of amides is 1. The summed E-state index contributed by atoms with van der Waals surface area (Å²) in [5.74, 6) is -2.33. The Labute approximate surface area is 110 Å². The van der Waals surface area contributed by atoms with E-state index in [2.05, 4.69) is 5.32 Å². The van der Waals surface area contributed by atoms with E-state index >= 15 is 0 Å². The highest BCUT2D eigenvalue weighted by Crippen LogP contribution is 2.23. The van der Waals surface area contributed by atoms with Crippen LogP contribution in [0.4, 0.5) is 8.78 Å². The third-order valence-corrected chi connectivity index (χ3v) is 2.32. The van der Waals surface area contributed by atoms with Crippen LogP contribution in [-0.4, -0.2) is 18.6 Å². The molecule has 0 heterocycles. The van der Waals surface area contributed by atoms with E-state index in [9.17, 15) is 13.6 Å². The number of rotatable bonds is 6. The Kier molecular flexibility index (Phi) is 5.69. The van der Waals surface area contributed by atoms with E-state index in [-0.39, 0.29) is 31.5 Å². The summed E-state index contributed by atoms with van der Waals surface area (Å²) in [6, 6.07) is 2.25. The molecular weight excluding hydrogens is 254 g/mol. The molecule has 1 amide bonds. The Morgan fingerprint density at radius 1 is 1.37 bits per heavy atom. The summed E-state index contributed by atoms with van der Waals surface area (Å²) in [6.45, 7) is 3.60. The minimum Gasteiger partial charge on any atom is -0.487 e. The quantitative estimate of drug-likeness (QED) is 0.828. The molecule has 1 aromatic rings. The third-order valence-electron chi connectivity index (χ3n) is 2.32. The molecule has 0 aliphatic rings. The van der Waals surface area contributed by atoms with Gasteiger partial charge in [0.25, 0.3) is 0 Å². The van der Waals surface area contributed by atoms with Gasteiger partial charge >= 0.3 is 0 Å². The van der Waals surface area contributed by atoms with Crippen LogP contribution in [0.25, 0.3) is 0 Å². The topological polar surface area (TPSA) is 64.3 Å². The largest absolute Gasteiger partial charge is 0.487 e. The Balaban J connectivity index is 2.56. The number of carbonyl (C=O) groups excluding carboxylic acids is 1. The maximum Gasteiger partial charge on any atom is 0.223 e. The molecule has 0 fully saturated rings. The molecule has 0 atom stereocenters. The van der Waals surface area contributed by atoms with Gasteiger partial charge in [0.05, 0.1) is 13.0 Å². The average Bonchev–Trinajstić information content (AvgIpc) is 2.31. The van der Waals surface area contributed by atoms with Gasteiger partial charge < -0.3 is 15.8 Å². The average molecular weight is 272 g/mol. The molecule has 0 saturated heterocycles. The van der Waals surface area contributed by atoms with E-state index in [1.807, 2.05) is 13.8 Å². The Hall–Kier alpha value is -1.69. The van der Waals surface area contributed by atoms with Gasteiger partial charge in [-0.15, -0.1) is 0 Å². The molecule has 106 valence electrons. The second-order valence-electron chi connectivity index (χ2n) is 4.41. The fourth-order valence-electron chi connectivity index (χ4n) is 1.51. The Morgan fingerprint density at radius 3 is 2.42 bits per heavy atom. The number of hydrogen-bond acceptors (Lipinski definition) is 3. The molecule has 19 heavy (non-hydrogen) atoms.